The standard InChI is InChI=1S/C27H26F3N3OS/c1-16(24-15-35-17(2)32-24)31-13-22-11-21-10-19-6-4-7-20(19)12-25(21)33(26(22)34)14-18-5-3-8-23(9-18)27(28,29)30/h3,5,8-12,15-16,31H,4,6-7,13-14H2,1-2H3. The summed E-state index contributed by atoms with van der Waals surface area (Å²) in [5.74, 6) is 0. The van der Waals surface area contributed by atoms with Gasteiger partial charge in [0.2, 0.25) is 0 Å². The molecule has 0 aliphatic heterocycles. The van der Waals surface area contributed by atoms with Crippen LogP contribution in [-0.2, 0) is 32.1 Å². The van der Waals surface area contributed by atoms with E-state index in [-0.39, 0.29) is 18.1 Å². The minimum atomic E-state index is -4.43. The predicted octanol–water partition coefficient (Wildman–Crippen LogP) is 6.17. The van der Waals surface area contributed by atoms with E-state index in [9.17, 15) is 18.0 Å². The van der Waals surface area contributed by atoms with Crippen molar-refractivity contribution in [1.82, 2.24) is 14.9 Å². The van der Waals surface area contributed by atoms with E-state index in [0.717, 1.165) is 53.0 Å². The molecule has 2 aromatic heterocycles. The summed E-state index contributed by atoms with van der Waals surface area (Å²) in [6.45, 7) is 4.37. The van der Waals surface area contributed by atoms with Gasteiger partial charge < -0.3 is 9.88 Å². The fourth-order valence-electron chi connectivity index (χ4n) is 4.77. The van der Waals surface area contributed by atoms with Crippen molar-refractivity contribution in [3.63, 3.8) is 0 Å². The molecule has 35 heavy (non-hydrogen) atoms. The molecular formula is C27H26F3N3OS. The number of aromatic nitrogens is 2. The Balaban J connectivity index is 1.54. The molecule has 1 N–H and O–H groups in total. The Bertz CT molecular complexity index is 1450. The number of benzene rings is 2. The molecule has 5 rings (SSSR count). The van der Waals surface area contributed by atoms with Crippen LogP contribution in [0.5, 0.6) is 0 Å². The quantitative estimate of drug-likeness (QED) is 0.346. The third-order valence-corrected chi connectivity index (χ3v) is 7.45. The SMILES string of the molecule is Cc1nc(C(C)NCc2cc3cc4c(cc3n(Cc3cccc(C(F)(F)F)c3)c2=O)CCC4)cs1. The zero-order chi connectivity index (χ0) is 24.7. The highest BCUT2D eigenvalue weighted by Crippen LogP contribution is 2.31. The first-order chi connectivity index (χ1) is 16.7. The third-order valence-electron chi connectivity index (χ3n) is 6.66. The summed E-state index contributed by atoms with van der Waals surface area (Å²) in [5.41, 5.74) is 4.32. The van der Waals surface area contributed by atoms with Gasteiger partial charge in [0.1, 0.15) is 0 Å². The molecule has 0 radical (unpaired) electrons. The van der Waals surface area contributed by atoms with Crippen LogP contribution in [-0.4, -0.2) is 9.55 Å². The summed E-state index contributed by atoms with van der Waals surface area (Å²) in [7, 11) is 0. The van der Waals surface area contributed by atoms with Gasteiger partial charge in [-0.1, -0.05) is 12.1 Å². The summed E-state index contributed by atoms with van der Waals surface area (Å²) in [6, 6.07) is 11.3. The second-order valence-corrected chi connectivity index (χ2v) is 10.2. The summed E-state index contributed by atoms with van der Waals surface area (Å²) in [5, 5.41) is 7.31. The highest BCUT2D eigenvalue weighted by atomic mass is 32.1. The van der Waals surface area contributed by atoms with E-state index < -0.39 is 11.7 Å². The van der Waals surface area contributed by atoms with Crippen LogP contribution in [0.1, 0.15) is 57.9 Å². The minimum absolute atomic E-state index is 0.0352. The molecule has 2 aromatic carbocycles. The van der Waals surface area contributed by atoms with Gasteiger partial charge in [-0.3, -0.25) is 4.79 Å². The van der Waals surface area contributed by atoms with Crippen LogP contribution >= 0.6 is 11.3 Å². The molecule has 0 saturated carbocycles. The van der Waals surface area contributed by atoms with E-state index in [4.69, 9.17) is 0 Å². The van der Waals surface area contributed by atoms with Crippen LogP contribution < -0.4 is 10.9 Å². The van der Waals surface area contributed by atoms with Gasteiger partial charge in [0.05, 0.1) is 28.3 Å². The van der Waals surface area contributed by atoms with E-state index in [2.05, 4.69) is 16.4 Å². The second kappa shape index (κ2) is 9.24. The van der Waals surface area contributed by atoms with Crippen molar-refractivity contribution in [2.75, 3.05) is 0 Å². The Labute approximate surface area is 205 Å². The van der Waals surface area contributed by atoms with Crippen molar-refractivity contribution in [1.29, 1.82) is 0 Å². The molecule has 0 bridgehead atoms. The normalized spacial score (nSPS) is 14.4. The average Bonchev–Trinajstić information content (AvgIpc) is 3.46. The van der Waals surface area contributed by atoms with E-state index in [1.54, 1.807) is 22.0 Å². The third kappa shape index (κ3) is 4.90. The van der Waals surface area contributed by atoms with E-state index in [1.807, 2.05) is 31.4 Å². The van der Waals surface area contributed by atoms with E-state index >= 15 is 0 Å². The van der Waals surface area contributed by atoms with Crippen molar-refractivity contribution in [2.45, 2.75) is 58.4 Å². The molecule has 1 aliphatic carbocycles. The number of fused-ring (bicyclic) bond motifs is 2. The summed E-state index contributed by atoms with van der Waals surface area (Å²) >= 11 is 1.58. The number of aryl methyl sites for hydroxylation is 3. The van der Waals surface area contributed by atoms with Gasteiger partial charge in [-0.05, 0) is 85.5 Å². The molecule has 1 aliphatic rings. The average molecular weight is 498 g/mol. The smallest absolute Gasteiger partial charge is 0.305 e. The lowest BCUT2D eigenvalue weighted by molar-refractivity contribution is -0.137. The van der Waals surface area contributed by atoms with Crippen molar-refractivity contribution in [3.8, 4) is 0 Å². The highest BCUT2D eigenvalue weighted by molar-refractivity contribution is 7.09. The molecule has 4 nitrogen and oxygen atoms in total. The van der Waals surface area contributed by atoms with Crippen LogP contribution in [0.3, 0.4) is 0 Å². The van der Waals surface area contributed by atoms with Crippen molar-refractivity contribution in [2.24, 2.45) is 0 Å². The number of hydrogen-bond acceptors (Lipinski definition) is 4. The molecule has 8 heteroatoms. The summed E-state index contributed by atoms with van der Waals surface area (Å²) < 4.78 is 41.5. The highest BCUT2D eigenvalue weighted by Gasteiger charge is 2.30. The Morgan fingerprint density at radius 1 is 1.14 bits per heavy atom. The molecule has 0 fully saturated rings. The minimum Gasteiger partial charge on any atom is -0.305 e. The van der Waals surface area contributed by atoms with Crippen LogP contribution in [0, 0.1) is 6.92 Å². The Kier molecular flexibility index (Phi) is 6.27. The lowest BCUT2D eigenvalue weighted by atomic mass is 10.0. The molecule has 0 saturated heterocycles. The van der Waals surface area contributed by atoms with Crippen LogP contribution in [0.2, 0.25) is 0 Å². The predicted molar refractivity (Wildman–Crippen MR) is 133 cm³/mol. The number of halogens is 3. The first-order valence-corrected chi connectivity index (χ1v) is 12.6. The van der Waals surface area contributed by atoms with Gasteiger partial charge in [-0.25, -0.2) is 4.98 Å². The molecule has 4 aromatic rings. The maximum absolute atomic E-state index is 13.6. The lowest BCUT2D eigenvalue weighted by Crippen LogP contribution is -2.29. The maximum Gasteiger partial charge on any atom is 0.416 e. The Morgan fingerprint density at radius 3 is 2.63 bits per heavy atom. The molecule has 0 spiro atoms. The van der Waals surface area contributed by atoms with Crippen LogP contribution in [0.15, 0.2) is 52.6 Å². The van der Waals surface area contributed by atoms with E-state index in [1.165, 1.54) is 17.2 Å². The van der Waals surface area contributed by atoms with Crippen molar-refractivity contribution < 1.29 is 13.2 Å². The first-order valence-electron chi connectivity index (χ1n) is 11.7. The Hall–Kier alpha value is -2.97. The fourth-order valence-corrected chi connectivity index (χ4v) is 5.48. The van der Waals surface area contributed by atoms with Gasteiger partial charge in [0.25, 0.3) is 5.56 Å². The van der Waals surface area contributed by atoms with Gasteiger partial charge in [0.15, 0.2) is 0 Å². The molecule has 182 valence electrons. The number of alkyl halides is 3. The van der Waals surface area contributed by atoms with Crippen LogP contribution in [0.4, 0.5) is 13.2 Å². The number of thiazole rings is 1. The Morgan fingerprint density at radius 2 is 1.91 bits per heavy atom. The number of nitrogens with one attached hydrogen (secondary N) is 1. The van der Waals surface area contributed by atoms with Gasteiger partial charge in [0, 0.05) is 23.5 Å². The van der Waals surface area contributed by atoms with Crippen molar-refractivity contribution in [3.05, 3.63) is 96.7 Å². The topological polar surface area (TPSA) is 46.9 Å². The zero-order valence-electron chi connectivity index (χ0n) is 19.6. The number of hydrogen-bond donors (Lipinski definition) is 1. The monoisotopic (exact) mass is 497 g/mol. The van der Waals surface area contributed by atoms with Gasteiger partial charge in [-0.2, -0.15) is 13.2 Å². The summed E-state index contributed by atoms with van der Waals surface area (Å²) in [4.78, 5) is 18.1. The zero-order valence-corrected chi connectivity index (χ0v) is 20.4. The summed E-state index contributed by atoms with van der Waals surface area (Å²) in [6.07, 6.45) is -1.40. The number of pyridine rings is 1. The van der Waals surface area contributed by atoms with Gasteiger partial charge >= 0.3 is 6.18 Å². The van der Waals surface area contributed by atoms with Gasteiger partial charge in [-0.15, -0.1) is 11.3 Å². The number of rotatable bonds is 6. The van der Waals surface area contributed by atoms with Crippen LogP contribution in [0.25, 0.3) is 10.9 Å². The number of nitrogens with zero attached hydrogens (tertiary/aromatic N) is 2. The first kappa shape index (κ1) is 23.8. The molecule has 1 atom stereocenters. The second-order valence-electron chi connectivity index (χ2n) is 9.19. The molecule has 1 unspecified atom stereocenters. The molecule has 2 heterocycles. The van der Waals surface area contributed by atoms with Crippen molar-refractivity contribution >= 4 is 22.2 Å². The van der Waals surface area contributed by atoms with E-state index in [0.29, 0.717) is 17.7 Å². The largest absolute Gasteiger partial charge is 0.416 e. The lowest BCUT2D eigenvalue weighted by Gasteiger charge is -2.17. The maximum atomic E-state index is 13.6. The molecular weight excluding hydrogens is 471 g/mol. The molecule has 0 amide bonds. The fraction of sp³-hybridized carbons (Fsp3) is 0.333.